The molecular weight excluding hydrogens is 272 g/mol. The number of rotatable bonds is 5. The number of hydrogen-bond donors (Lipinski definition) is 3. The predicted molar refractivity (Wildman–Crippen MR) is 74.7 cm³/mol. The van der Waals surface area contributed by atoms with Crippen molar-refractivity contribution in [3.05, 3.63) is 0 Å². The molecule has 21 heavy (non-hydrogen) atoms. The minimum Gasteiger partial charge on any atom is -0.481 e. The van der Waals surface area contributed by atoms with Gasteiger partial charge in [-0.2, -0.15) is 0 Å². The Kier molecular flexibility index (Phi) is 2.98. The maximum absolute atomic E-state index is 11.3. The fourth-order valence-electron chi connectivity index (χ4n) is 6.62. The molecule has 4 aliphatic carbocycles. The Labute approximate surface area is 124 Å². The van der Waals surface area contributed by atoms with Crippen LogP contribution in [0.4, 0.5) is 0 Å². The number of aliphatic hydroxyl groups is 1. The monoisotopic (exact) mass is 296 g/mol. The van der Waals surface area contributed by atoms with E-state index in [0.29, 0.717) is 25.7 Å². The van der Waals surface area contributed by atoms with E-state index in [1.54, 1.807) is 0 Å². The van der Waals surface area contributed by atoms with E-state index in [9.17, 15) is 24.9 Å². The van der Waals surface area contributed by atoms with Crippen molar-refractivity contribution in [2.45, 2.75) is 70.3 Å². The first-order chi connectivity index (χ1) is 9.64. The van der Waals surface area contributed by atoms with Crippen molar-refractivity contribution in [2.75, 3.05) is 0 Å². The second kappa shape index (κ2) is 4.22. The van der Waals surface area contributed by atoms with Gasteiger partial charge >= 0.3 is 11.9 Å². The molecule has 3 N–H and O–H groups in total. The molecule has 0 aromatic carbocycles. The van der Waals surface area contributed by atoms with Crippen molar-refractivity contribution in [2.24, 2.45) is 16.2 Å². The topological polar surface area (TPSA) is 94.8 Å². The highest BCUT2D eigenvalue weighted by Gasteiger charge is 2.67. The highest BCUT2D eigenvalue weighted by molar-refractivity contribution is 5.69. The molecule has 0 aliphatic heterocycles. The van der Waals surface area contributed by atoms with Crippen molar-refractivity contribution in [1.82, 2.24) is 0 Å². The van der Waals surface area contributed by atoms with Crippen molar-refractivity contribution in [1.29, 1.82) is 0 Å². The summed E-state index contributed by atoms with van der Waals surface area (Å²) in [5.74, 6) is -1.67. The minimum atomic E-state index is -0.865. The second-order valence-corrected chi connectivity index (χ2v) is 8.28. The molecule has 4 aliphatic rings. The van der Waals surface area contributed by atoms with Crippen LogP contribution in [0.25, 0.3) is 0 Å². The van der Waals surface area contributed by atoms with Crippen LogP contribution >= 0.6 is 0 Å². The smallest absolute Gasteiger partial charge is 0.303 e. The summed E-state index contributed by atoms with van der Waals surface area (Å²) in [6.45, 7) is 2.08. The molecule has 4 bridgehead atoms. The molecule has 4 fully saturated rings. The van der Waals surface area contributed by atoms with E-state index in [2.05, 4.69) is 6.92 Å². The lowest BCUT2D eigenvalue weighted by atomic mass is 9.37. The molecule has 0 aromatic rings. The summed E-state index contributed by atoms with van der Waals surface area (Å²) in [6.07, 6.45) is 5.04. The summed E-state index contributed by atoms with van der Waals surface area (Å²) < 4.78 is 0. The van der Waals surface area contributed by atoms with Gasteiger partial charge in [-0.3, -0.25) is 9.59 Å². The van der Waals surface area contributed by atoms with Crippen LogP contribution < -0.4 is 0 Å². The molecular formula is C16H24O5. The molecule has 0 spiro atoms. The lowest BCUT2D eigenvalue weighted by molar-refractivity contribution is -0.239. The maximum Gasteiger partial charge on any atom is 0.303 e. The van der Waals surface area contributed by atoms with Gasteiger partial charge in [-0.05, 0) is 54.8 Å². The van der Waals surface area contributed by atoms with Crippen LogP contribution in [0.5, 0.6) is 0 Å². The van der Waals surface area contributed by atoms with Gasteiger partial charge in [0, 0.05) is 0 Å². The number of carbonyl (C=O) groups is 2. The standard InChI is InChI=1S/C16H24O5/c1-2-13-5-14(3-11(17)18)7-15(6-13,4-12(19)20)10-16(21,8-13)9-14/h21H,2-10H2,1H3,(H,17,18)(H,19,20). The average molecular weight is 296 g/mol. The molecule has 0 radical (unpaired) electrons. The predicted octanol–water partition coefficient (Wildman–Crippen LogP) is 2.42. The highest BCUT2D eigenvalue weighted by Crippen LogP contribution is 2.73. The molecule has 0 heterocycles. The van der Waals surface area contributed by atoms with E-state index in [1.807, 2.05) is 0 Å². The van der Waals surface area contributed by atoms with Crippen LogP contribution in [0.15, 0.2) is 0 Å². The van der Waals surface area contributed by atoms with E-state index in [1.165, 1.54) is 0 Å². The molecule has 5 nitrogen and oxygen atoms in total. The van der Waals surface area contributed by atoms with E-state index in [4.69, 9.17) is 0 Å². The Balaban J connectivity index is 2.03. The van der Waals surface area contributed by atoms with Crippen molar-refractivity contribution in [3.63, 3.8) is 0 Å². The summed E-state index contributed by atoms with van der Waals surface area (Å²) in [5, 5.41) is 29.5. The van der Waals surface area contributed by atoms with E-state index < -0.39 is 28.4 Å². The van der Waals surface area contributed by atoms with Gasteiger partial charge in [0.25, 0.3) is 0 Å². The molecule has 0 saturated heterocycles. The van der Waals surface area contributed by atoms with Gasteiger partial charge in [-0.1, -0.05) is 13.3 Å². The van der Waals surface area contributed by atoms with E-state index in [0.717, 1.165) is 19.3 Å². The summed E-state index contributed by atoms with van der Waals surface area (Å²) in [6, 6.07) is 0. The Morgan fingerprint density at radius 2 is 1.19 bits per heavy atom. The van der Waals surface area contributed by atoms with Crippen LogP contribution in [0.1, 0.15) is 64.7 Å². The van der Waals surface area contributed by atoms with Gasteiger partial charge in [0.2, 0.25) is 0 Å². The molecule has 118 valence electrons. The third-order valence-corrected chi connectivity index (χ3v) is 6.16. The largest absolute Gasteiger partial charge is 0.481 e. The van der Waals surface area contributed by atoms with Crippen molar-refractivity contribution < 1.29 is 24.9 Å². The summed E-state index contributed by atoms with van der Waals surface area (Å²) in [7, 11) is 0. The highest BCUT2D eigenvalue weighted by atomic mass is 16.4. The fraction of sp³-hybridized carbons (Fsp3) is 0.875. The normalized spacial score (nSPS) is 47.5. The van der Waals surface area contributed by atoms with Gasteiger partial charge in [0.1, 0.15) is 0 Å². The molecule has 5 heteroatoms. The first-order valence-corrected chi connectivity index (χ1v) is 7.80. The quantitative estimate of drug-likeness (QED) is 0.724. The fourth-order valence-corrected chi connectivity index (χ4v) is 6.62. The number of carboxylic acids is 2. The molecule has 0 aromatic heterocycles. The summed E-state index contributed by atoms with van der Waals surface area (Å²) in [5.41, 5.74) is -1.77. The Morgan fingerprint density at radius 1 is 0.810 bits per heavy atom. The van der Waals surface area contributed by atoms with Gasteiger partial charge in [-0.25, -0.2) is 0 Å². The van der Waals surface area contributed by atoms with Crippen LogP contribution in [0, 0.1) is 16.2 Å². The molecule has 0 amide bonds. The molecule has 2 unspecified atom stereocenters. The number of aliphatic carboxylic acids is 2. The van der Waals surface area contributed by atoms with Gasteiger partial charge in [0.15, 0.2) is 0 Å². The zero-order valence-electron chi connectivity index (χ0n) is 12.5. The molecule has 4 rings (SSSR count). The van der Waals surface area contributed by atoms with Crippen molar-refractivity contribution >= 4 is 11.9 Å². The third-order valence-electron chi connectivity index (χ3n) is 6.16. The second-order valence-electron chi connectivity index (χ2n) is 8.28. The van der Waals surface area contributed by atoms with Gasteiger partial charge < -0.3 is 15.3 Å². The summed E-state index contributed by atoms with van der Waals surface area (Å²) >= 11 is 0. The first-order valence-electron chi connectivity index (χ1n) is 7.80. The first kappa shape index (κ1) is 14.8. The average Bonchev–Trinajstić information content (AvgIpc) is 2.21. The number of hydrogen-bond acceptors (Lipinski definition) is 3. The Morgan fingerprint density at radius 3 is 1.57 bits per heavy atom. The van der Waals surface area contributed by atoms with E-state index >= 15 is 0 Å². The molecule has 2 atom stereocenters. The van der Waals surface area contributed by atoms with E-state index in [-0.39, 0.29) is 18.3 Å². The molecule has 4 saturated carbocycles. The summed E-state index contributed by atoms with van der Waals surface area (Å²) in [4.78, 5) is 22.6. The van der Waals surface area contributed by atoms with Gasteiger partial charge in [0.05, 0.1) is 18.4 Å². The zero-order chi connectivity index (χ0) is 15.5. The Bertz CT molecular complexity index is 465. The zero-order valence-corrected chi connectivity index (χ0v) is 12.5. The maximum atomic E-state index is 11.3. The minimum absolute atomic E-state index is 0.0540. The Hall–Kier alpha value is -1.10. The van der Waals surface area contributed by atoms with Crippen LogP contribution in [0.3, 0.4) is 0 Å². The third kappa shape index (κ3) is 2.35. The lowest BCUT2D eigenvalue weighted by Gasteiger charge is -2.69. The van der Waals surface area contributed by atoms with Crippen LogP contribution in [-0.2, 0) is 9.59 Å². The van der Waals surface area contributed by atoms with Crippen LogP contribution in [0.2, 0.25) is 0 Å². The number of carboxylic acid groups (broad SMARTS) is 2. The van der Waals surface area contributed by atoms with Crippen LogP contribution in [-0.4, -0.2) is 32.9 Å². The lowest BCUT2D eigenvalue weighted by Crippen LogP contribution is -2.64. The van der Waals surface area contributed by atoms with Crippen molar-refractivity contribution in [3.8, 4) is 0 Å². The SMILES string of the molecule is CCC12CC3(O)CC(CC(=O)O)(C1)CC(CC(=O)O)(C3)C2. The van der Waals surface area contributed by atoms with Gasteiger partial charge in [-0.15, -0.1) is 0 Å².